The third kappa shape index (κ3) is 10.5. The van der Waals surface area contributed by atoms with Gasteiger partial charge in [-0.25, -0.2) is 0 Å². The molecule has 0 aliphatic rings. The van der Waals surface area contributed by atoms with Gasteiger partial charge in [0.1, 0.15) is 0 Å². The molecule has 287 valence electrons. The molecule has 3 nitrogen and oxygen atoms in total. The second-order valence-corrected chi connectivity index (χ2v) is 23.4. The van der Waals surface area contributed by atoms with E-state index in [9.17, 15) is 9.90 Å². The number of allylic oxidation sites excluding steroid dienone is 2. The maximum absolute atomic E-state index is 11.7. The number of aromatic nitrogens is 1. The minimum Gasteiger partial charge on any atom is -0.512 e. The van der Waals surface area contributed by atoms with Crippen LogP contribution >= 0.6 is 11.3 Å². The molecule has 53 heavy (non-hydrogen) atoms. The van der Waals surface area contributed by atoms with Crippen LogP contribution in [0.4, 0.5) is 0 Å². The Morgan fingerprint density at radius 1 is 0.830 bits per heavy atom. The van der Waals surface area contributed by atoms with Gasteiger partial charge in [0.2, 0.25) is 0 Å². The summed E-state index contributed by atoms with van der Waals surface area (Å²) < 4.78 is 1.25. The molecule has 1 radical (unpaired) electrons. The number of benzene rings is 3. The number of nitrogens with zero attached hydrogens (tertiary/aromatic N) is 1. The van der Waals surface area contributed by atoms with Gasteiger partial charge in [0.15, 0.2) is 5.78 Å². The molecule has 0 bridgehead atoms. The Labute approximate surface area is 339 Å². The monoisotopic (exact) mass is 925 g/mol. The minimum absolute atomic E-state index is 0. The molecule has 6 heteroatoms. The molecule has 0 spiro atoms. The summed E-state index contributed by atoms with van der Waals surface area (Å²) in [6, 6.07) is 26.3. The van der Waals surface area contributed by atoms with Gasteiger partial charge in [0.25, 0.3) is 0 Å². The van der Waals surface area contributed by atoms with E-state index in [1.165, 1.54) is 48.3 Å². The van der Waals surface area contributed by atoms with Gasteiger partial charge in [-0.05, 0) is 59.1 Å². The van der Waals surface area contributed by atoms with Crippen LogP contribution in [-0.2, 0) is 35.7 Å². The number of rotatable bonds is 10. The first-order valence-corrected chi connectivity index (χ1v) is 23.6. The molecule has 0 atom stereocenters. The maximum atomic E-state index is 11.7. The average molecular weight is 925 g/mol. The number of aliphatic hydroxyl groups excluding tert-OH is 1. The van der Waals surface area contributed by atoms with Crippen molar-refractivity contribution < 1.29 is 30.0 Å². The Bertz CT molecular complexity index is 2020. The number of hydrogen-bond acceptors (Lipinski definition) is 4. The third-order valence-electron chi connectivity index (χ3n) is 10.3. The van der Waals surface area contributed by atoms with Crippen LogP contribution in [-0.4, -0.2) is 23.9 Å². The fourth-order valence-corrected chi connectivity index (χ4v) is 9.73. The molecule has 0 unspecified atom stereocenters. The quantitative estimate of drug-likeness (QED) is 0.0657. The summed E-state index contributed by atoms with van der Waals surface area (Å²) >= 11 is 1.89. The number of pyridine rings is 1. The molecule has 0 saturated carbocycles. The van der Waals surface area contributed by atoms with E-state index in [1.807, 2.05) is 45.2 Å². The van der Waals surface area contributed by atoms with Crippen LogP contribution in [0, 0.1) is 17.9 Å². The van der Waals surface area contributed by atoms with Crippen molar-refractivity contribution in [2.24, 2.45) is 11.8 Å². The van der Waals surface area contributed by atoms with Crippen molar-refractivity contribution in [2.45, 2.75) is 125 Å². The number of hydrogen-bond donors (Lipinski definition) is 1. The summed E-state index contributed by atoms with van der Waals surface area (Å²) in [6.07, 6.45) is 6.89. The van der Waals surface area contributed by atoms with Crippen molar-refractivity contribution >= 4 is 51.2 Å². The Morgan fingerprint density at radius 3 is 1.94 bits per heavy atom. The first-order chi connectivity index (χ1) is 24.3. The Hall–Kier alpha value is -2.89. The SMILES string of the molecule is CC(C)(C)c1cc(-c2nccc3c(C(C)(C)C)c(-c4ccc([Si](C)(C)C)cc4)sc23)[c-]c2ccccc12.CCC(CC)C(=O)/C=C(\O)C(CC)CC.[Ir]. The molecule has 0 fully saturated rings. The van der Waals surface area contributed by atoms with Gasteiger partial charge in [0, 0.05) is 59.5 Å². The fraction of sp³-hybridized carbons (Fsp3) is 0.447. The molecule has 5 aromatic rings. The van der Waals surface area contributed by atoms with Crippen LogP contribution in [0.25, 0.3) is 42.6 Å². The maximum Gasteiger partial charge on any atom is 0.162 e. The number of ketones is 1. The molecular weight excluding hydrogens is 863 g/mol. The third-order valence-corrected chi connectivity index (χ3v) is 13.6. The van der Waals surface area contributed by atoms with E-state index >= 15 is 0 Å². The number of carbonyl (C=O) groups excluding carboxylic acids is 1. The molecule has 0 saturated heterocycles. The van der Waals surface area contributed by atoms with Crippen molar-refractivity contribution in [3.63, 3.8) is 0 Å². The number of thiophene rings is 1. The van der Waals surface area contributed by atoms with E-state index in [-0.39, 0.29) is 54.3 Å². The van der Waals surface area contributed by atoms with E-state index in [2.05, 4.69) is 128 Å². The van der Waals surface area contributed by atoms with E-state index < -0.39 is 8.07 Å². The molecule has 2 heterocycles. The second-order valence-electron chi connectivity index (χ2n) is 17.3. The van der Waals surface area contributed by atoms with Crippen LogP contribution in [0.3, 0.4) is 0 Å². The van der Waals surface area contributed by atoms with Crippen molar-refractivity contribution in [1.29, 1.82) is 0 Å². The van der Waals surface area contributed by atoms with E-state index in [1.54, 1.807) is 0 Å². The van der Waals surface area contributed by atoms with Gasteiger partial charge < -0.3 is 5.11 Å². The molecule has 0 aliphatic heterocycles. The van der Waals surface area contributed by atoms with Crippen molar-refractivity contribution in [3.05, 3.63) is 95.9 Å². The zero-order chi connectivity index (χ0) is 38.6. The molecule has 5 rings (SSSR count). The largest absolute Gasteiger partial charge is 0.512 e. The summed E-state index contributed by atoms with van der Waals surface area (Å²) in [6.45, 7) is 29.1. The first kappa shape index (κ1) is 44.5. The smallest absolute Gasteiger partial charge is 0.162 e. The molecule has 0 amide bonds. The van der Waals surface area contributed by atoms with Crippen LogP contribution in [0.2, 0.25) is 19.6 Å². The van der Waals surface area contributed by atoms with Crippen LogP contribution in [0.15, 0.2) is 78.7 Å². The Morgan fingerprint density at radius 2 is 1.42 bits per heavy atom. The van der Waals surface area contributed by atoms with Gasteiger partial charge in [-0.15, -0.1) is 40.5 Å². The van der Waals surface area contributed by atoms with Gasteiger partial charge >= 0.3 is 0 Å². The average Bonchev–Trinajstić information content (AvgIpc) is 3.49. The second kappa shape index (κ2) is 18.2. The summed E-state index contributed by atoms with van der Waals surface area (Å²) in [5, 5.41) is 15.0. The minimum atomic E-state index is -1.35. The van der Waals surface area contributed by atoms with Gasteiger partial charge in [-0.2, -0.15) is 0 Å². The number of fused-ring (bicyclic) bond motifs is 2. The zero-order valence-electron chi connectivity index (χ0n) is 34.5. The number of carbonyl (C=O) groups is 1. The summed E-state index contributed by atoms with van der Waals surface area (Å²) in [5.74, 6) is 0.547. The van der Waals surface area contributed by atoms with E-state index in [0.29, 0.717) is 0 Å². The van der Waals surface area contributed by atoms with Crippen LogP contribution < -0.4 is 5.19 Å². The topological polar surface area (TPSA) is 50.2 Å². The van der Waals surface area contributed by atoms with Gasteiger partial charge in [-0.3, -0.25) is 9.78 Å². The van der Waals surface area contributed by atoms with Crippen LogP contribution in [0.1, 0.15) is 106 Å². The van der Waals surface area contributed by atoms with Crippen LogP contribution in [0.5, 0.6) is 0 Å². The zero-order valence-corrected chi connectivity index (χ0v) is 38.7. The summed E-state index contributed by atoms with van der Waals surface area (Å²) in [4.78, 5) is 18.0. The Balaban J connectivity index is 0.000000403. The summed E-state index contributed by atoms with van der Waals surface area (Å²) in [7, 11) is -1.35. The molecule has 0 aliphatic carbocycles. The predicted octanol–water partition coefficient (Wildman–Crippen LogP) is 13.6. The van der Waals surface area contributed by atoms with E-state index in [0.717, 1.165) is 42.3 Å². The molecule has 3 aromatic carbocycles. The molecule has 1 N–H and O–H groups in total. The summed E-state index contributed by atoms with van der Waals surface area (Å²) in [5.41, 5.74) is 6.20. The standard InChI is InChI=1S/C34H38NSSi.C13H24O2.Ir/c1-33(2,3)28-21-24(20-23-12-10-11-13-26(23)28)30-32-27(18-19-35-30)29(34(4,5)6)31(36-32)22-14-16-25(17-15-22)37(7,8)9;1-5-10(6-2)12(14)9-13(15)11(7-3)8-4;/h10-19,21H,1-9H3;9-11,14H,5-8H2,1-4H3;/q-1;;/b;12-9-;. The van der Waals surface area contributed by atoms with E-state index in [4.69, 9.17) is 4.98 Å². The molecule has 2 aromatic heterocycles. The van der Waals surface area contributed by atoms with Crippen molar-refractivity contribution in [3.8, 4) is 21.7 Å². The molecular formula is C47H62IrNO2SSi-. The van der Waals surface area contributed by atoms with Crippen molar-refractivity contribution in [2.75, 3.05) is 0 Å². The van der Waals surface area contributed by atoms with Crippen molar-refractivity contribution in [1.82, 2.24) is 4.98 Å². The predicted molar refractivity (Wildman–Crippen MR) is 231 cm³/mol. The van der Waals surface area contributed by atoms with Gasteiger partial charge in [-0.1, -0.05) is 147 Å². The fourth-order valence-electron chi connectivity index (χ4n) is 7.04. The normalized spacial score (nSPS) is 12.6. The Kier molecular flexibility index (Phi) is 15.2. The first-order valence-electron chi connectivity index (χ1n) is 19.3. The van der Waals surface area contributed by atoms with Gasteiger partial charge in [0.05, 0.1) is 13.8 Å². The number of aliphatic hydroxyl groups is 1.